The van der Waals surface area contributed by atoms with Crippen LogP contribution in [0.5, 0.6) is 0 Å². The van der Waals surface area contributed by atoms with Crippen molar-refractivity contribution in [3.8, 4) is 0 Å². The number of carbonyl (C=O) groups is 1. The molecule has 52 heavy (non-hydrogen) atoms. The average molecular weight is 761 g/mol. The van der Waals surface area contributed by atoms with Crippen molar-refractivity contribution < 1.29 is 28.4 Å². The number of hydrogen-bond acceptors (Lipinski definition) is 6. The van der Waals surface area contributed by atoms with Gasteiger partial charge in [0.1, 0.15) is 0 Å². The molecule has 0 heterocycles. The maximum Gasteiger partial charge on any atom is 0.472 e. The molecule has 0 aliphatic carbocycles. The molecule has 1 amide bonds. The molecule has 0 saturated carbocycles. The second-order valence-electron chi connectivity index (χ2n) is 15.6. The van der Waals surface area contributed by atoms with Gasteiger partial charge in [0.15, 0.2) is 0 Å². The molecule has 0 spiro atoms. The topological polar surface area (TPSA) is 131 Å². The first kappa shape index (κ1) is 51.5. The van der Waals surface area contributed by atoms with Crippen LogP contribution in [0.1, 0.15) is 239 Å². The molecule has 8 nitrogen and oxygen atoms in total. The van der Waals surface area contributed by atoms with Gasteiger partial charge in [0.05, 0.1) is 25.4 Å². The molecule has 3 unspecified atom stereocenters. The van der Waals surface area contributed by atoms with Crippen molar-refractivity contribution in [2.75, 3.05) is 19.8 Å². The highest BCUT2D eigenvalue weighted by molar-refractivity contribution is 7.47. The van der Waals surface area contributed by atoms with Crippen LogP contribution < -0.4 is 11.1 Å². The Kier molecular flexibility index (Phi) is 39.8. The summed E-state index contributed by atoms with van der Waals surface area (Å²) in [5.41, 5.74) is 5.37. The van der Waals surface area contributed by atoms with E-state index in [2.05, 4.69) is 19.2 Å². The lowest BCUT2D eigenvalue weighted by Gasteiger charge is -2.25. The number of amides is 1. The predicted molar refractivity (Wildman–Crippen MR) is 222 cm³/mol. The number of aliphatic hydroxyl groups is 1. The van der Waals surface area contributed by atoms with Gasteiger partial charge in [-0.15, -0.1) is 0 Å². The molecule has 0 saturated heterocycles. The van der Waals surface area contributed by atoms with Crippen LogP contribution in [-0.4, -0.2) is 47.8 Å². The highest BCUT2D eigenvalue weighted by atomic mass is 31.2. The van der Waals surface area contributed by atoms with Gasteiger partial charge in [-0.3, -0.25) is 13.8 Å². The number of nitrogens with one attached hydrogen (secondary N) is 1. The summed E-state index contributed by atoms with van der Waals surface area (Å²) in [7, 11) is -4.30. The zero-order valence-corrected chi connectivity index (χ0v) is 35.5. The van der Waals surface area contributed by atoms with Crippen LogP contribution in [-0.2, 0) is 18.4 Å². The molecule has 0 aliphatic rings. The Hall–Kier alpha value is -0.500. The SMILES string of the molecule is CCCCCCCCCCCCCCCCCCCCCCCCCC(=O)NC(COP(=O)(O)OCCN)C(O)CCCCCCCCCCCC. The lowest BCUT2D eigenvalue weighted by Crippen LogP contribution is -2.46. The minimum atomic E-state index is -4.30. The second-order valence-corrected chi connectivity index (χ2v) is 17.1. The fraction of sp³-hybridized carbons (Fsp3) is 0.977. The number of hydrogen-bond donors (Lipinski definition) is 4. The molecule has 0 bridgehead atoms. The van der Waals surface area contributed by atoms with Gasteiger partial charge in [-0.25, -0.2) is 4.57 Å². The standard InChI is InChI=1S/C43H89N2O6P/c1-3-5-7-9-11-13-15-16-17-18-19-20-21-22-23-24-25-26-27-29-31-33-35-37-43(47)45-41(40-51-52(48,49)50-39-38-44)42(46)36-34-32-30-28-14-12-10-8-6-4-2/h41-42,46H,3-40,44H2,1-2H3,(H,45,47)(H,48,49). The van der Waals surface area contributed by atoms with E-state index in [9.17, 15) is 19.4 Å². The molecular weight excluding hydrogens is 671 g/mol. The van der Waals surface area contributed by atoms with Crippen LogP contribution in [0.3, 0.4) is 0 Å². The van der Waals surface area contributed by atoms with Crippen LogP contribution in [0.4, 0.5) is 0 Å². The first-order valence-electron chi connectivity index (χ1n) is 22.7. The maximum atomic E-state index is 12.8. The van der Waals surface area contributed by atoms with E-state index < -0.39 is 20.0 Å². The highest BCUT2D eigenvalue weighted by Crippen LogP contribution is 2.43. The fourth-order valence-corrected chi connectivity index (χ4v) is 7.78. The third-order valence-corrected chi connectivity index (χ3v) is 11.4. The molecule has 9 heteroatoms. The summed E-state index contributed by atoms with van der Waals surface area (Å²) in [4.78, 5) is 22.7. The van der Waals surface area contributed by atoms with Gasteiger partial charge in [-0.1, -0.05) is 219 Å². The Morgan fingerprint density at radius 1 is 0.558 bits per heavy atom. The lowest BCUT2D eigenvalue weighted by atomic mass is 10.0. The minimum absolute atomic E-state index is 0.0923. The van der Waals surface area contributed by atoms with Crippen molar-refractivity contribution in [3.63, 3.8) is 0 Å². The molecule has 0 aliphatic heterocycles. The van der Waals surface area contributed by atoms with Crippen molar-refractivity contribution in [2.45, 2.75) is 251 Å². The van der Waals surface area contributed by atoms with E-state index in [1.54, 1.807) is 0 Å². The predicted octanol–water partition coefficient (Wildman–Crippen LogP) is 12.6. The first-order chi connectivity index (χ1) is 25.4. The smallest absolute Gasteiger partial charge is 0.391 e. The minimum Gasteiger partial charge on any atom is -0.391 e. The van der Waals surface area contributed by atoms with E-state index in [1.807, 2.05) is 0 Å². The van der Waals surface area contributed by atoms with Crippen molar-refractivity contribution in [1.82, 2.24) is 5.32 Å². The number of phosphoric acid groups is 1. The number of carbonyl (C=O) groups excluding carboxylic acids is 1. The summed E-state index contributed by atoms with van der Waals surface area (Å²) in [6.45, 7) is 4.22. The largest absolute Gasteiger partial charge is 0.472 e. The number of unbranched alkanes of at least 4 members (excludes halogenated alkanes) is 31. The number of rotatable bonds is 43. The zero-order chi connectivity index (χ0) is 38.2. The van der Waals surface area contributed by atoms with E-state index in [0.29, 0.717) is 12.8 Å². The monoisotopic (exact) mass is 761 g/mol. The Morgan fingerprint density at radius 3 is 1.23 bits per heavy atom. The average Bonchev–Trinajstić information content (AvgIpc) is 3.13. The second kappa shape index (κ2) is 40.2. The third-order valence-electron chi connectivity index (χ3n) is 10.5. The molecule has 0 fully saturated rings. The van der Waals surface area contributed by atoms with Crippen molar-refractivity contribution >= 4 is 13.7 Å². The summed E-state index contributed by atoms with van der Waals surface area (Å²) in [6, 6.07) is -0.766. The Balaban J connectivity index is 3.95. The van der Waals surface area contributed by atoms with Crippen LogP contribution >= 0.6 is 7.82 Å². The molecule has 0 aromatic rings. The van der Waals surface area contributed by atoms with Crippen molar-refractivity contribution in [1.29, 1.82) is 0 Å². The zero-order valence-electron chi connectivity index (χ0n) is 34.6. The molecule has 312 valence electrons. The van der Waals surface area contributed by atoms with E-state index >= 15 is 0 Å². The first-order valence-corrected chi connectivity index (χ1v) is 24.1. The summed E-state index contributed by atoms with van der Waals surface area (Å²) >= 11 is 0. The van der Waals surface area contributed by atoms with Crippen molar-refractivity contribution in [2.24, 2.45) is 5.73 Å². The molecule has 0 rings (SSSR count). The summed E-state index contributed by atoms with van der Waals surface area (Å²) in [5.74, 6) is -0.158. The highest BCUT2D eigenvalue weighted by Gasteiger charge is 2.27. The third kappa shape index (κ3) is 37.8. The van der Waals surface area contributed by atoms with Gasteiger partial charge in [0.25, 0.3) is 0 Å². The number of nitrogens with two attached hydrogens (primary N) is 1. The molecule has 3 atom stereocenters. The molecule has 0 aromatic heterocycles. The van der Waals surface area contributed by atoms with Crippen molar-refractivity contribution in [3.05, 3.63) is 0 Å². The Labute approximate surface area is 322 Å². The van der Waals surface area contributed by atoms with Gasteiger partial charge < -0.3 is 21.1 Å². The summed E-state index contributed by atoms with van der Waals surface area (Å²) in [6.07, 6.45) is 42.7. The van der Waals surface area contributed by atoms with Crippen LogP contribution in [0, 0.1) is 0 Å². The van der Waals surface area contributed by atoms with Gasteiger partial charge in [-0.05, 0) is 12.8 Å². The van der Waals surface area contributed by atoms with E-state index in [-0.39, 0.29) is 25.7 Å². The Morgan fingerprint density at radius 2 is 0.885 bits per heavy atom. The van der Waals surface area contributed by atoms with Gasteiger partial charge >= 0.3 is 7.82 Å². The van der Waals surface area contributed by atoms with Crippen LogP contribution in [0.25, 0.3) is 0 Å². The van der Waals surface area contributed by atoms with Gasteiger partial charge in [-0.2, -0.15) is 0 Å². The van der Waals surface area contributed by atoms with Crippen LogP contribution in [0.2, 0.25) is 0 Å². The summed E-state index contributed by atoms with van der Waals surface area (Å²) in [5, 5.41) is 13.8. The number of phosphoric ester groups is 1. The van der Waals surface area contributed by atoms with Gasteiger partial charge in [0, 0.05) is 13.0 Å². The lowest BCUT2D eigenvalue weighted by molar-refractivity contribution is -0.123. The van der Waals surface area contributed by atoms with E-state index in [1.165, 1.54) is 173 Å². The quantitative estimate of drug-likeness (QED) is 0.0359. The maximum absolute atomic E-state index is 12.8. The molecule has 0 radical (unpaired) electrons. The molecule has 5 N–H and O–H groups in total. The normalized spacial score (nSPS) is 14.0. The van der Waals surface area contributed by atoms with E-state index in [4.69, 9.17) is 14.8 Å². The number of aliphatic hydroxyl groups excluding tert-OH is 1. The van der Waals surface area contributed by atoms with E-state index in [0.717, 1.165) is 38.5 Å². The molecular formula is C43H89N2O6P. The van der Waals surface area contributed by atoms with Gasteiger partial charge in [0.2, 0.25) is 5.91 Å². The van der Waals surface area contributed by atoms with Crippen LogP contribution in [0.15, 0.2) is 0 Å². The summed E-state index contributed by atoms with van der Waals surface area (Å²) < 4.78 is 22.1. The molecule has 0 aromatic carbocycles. The Bertz CT molecular complexity index is 789. The fourth-order valence-electron chi connectivity index (χ4n) is 7.02.